The van der Waals surface area contributed by atoms with Gasteiger partial charge in [0, 0.05) is 12.8 Å². The third kappa shape index (κ3) is 31.1. The molecule has 0 amide bonds. The van der Waals surface area contributed by atoms with Crippen LogP contribution < -0.4 is 0 Å². The van der Waals surface area contributed by atoms with Crippen molar-refractivity contribution in [1.82, 2.24) is 0 Å². The summed E-state index contributed by atoms with van der Waals surface area (Å²) in [4.78, 5) is 23.0. The summed E-state index contributed by atoms with van der Waals surface area (Å²) in [5, 5.41) is 8.71. The molecule has 0 saturated heterocycles. The number of carboxylic acids is 1. The van der Waals surface area contributed by atoms with E-state index in [1.165, 1.54) is 96.3 Å². The van der Waals surface area contributed by atoms with Crippen LogP contribution in [0.5, 0.6) is 0 Å². The van der Waals surface area contributed by atoms with Crippen molar-refractivity contribution < 1.29 is 19.4 Å². The van der Waals surface area contributed by atoms with Crippen molar-refractivity contribution in [1.29, 1.82) is 0 Å². The Bertz CT molecular complexity index is 557. The predicted molar refractivity (Wildman–Crippen MR) is 167 cm³/mol. The second kappa shape index (κ2) is 31.2. The predicted octanol–water partition coefficient (Wildman–Crippen LogP) is 11.5. The summed E-state index contributed by atoms with van der Waals surface area (Å²) in [6.45, 7) is 4.48. The quantitative estimate of drug-likeness (QED) is 0.0529. The smallest absolute Gasteiger partial charge is 0.306 e. The lowest BCUT2D eigenvalue weighted by Gasteiger charge is -2.18. The summed E-state index contributed by atoms with van der Waals surface area (Å²) in [7, 11) is 0. The average Bonchev–Trinajstić information content (AvgIpc) is 2.91. The van der Waals surface area contributed by atoms with Crippen LogP contribution in [0.15, 0.2) is 12.2 Å². The van der Waals surface area contributed by atoms with Crippen LogP contribution >= 0.6 is 0 Å². The van der Waals surface area contributed by atoms with Crippen molar-refractivity contribution in [3.63, 3.8) is 0 Å². The monoisotopic (exact) mass is 550 g/mol. The van der Waals surface area contributed by atoms with Gasteiger partial charge in [-0.3, -0.25) is 9.59 Å². The van der Waals surface area contributed by atoms with Crippen LogP contribution in [0.25, 0.3) is 0 Å². The maximum atomic E-state index is 12.4. The van der Waals surface area contributed by atoms with Gasteiger partial charge in [0.2, 0.25) is 0 Å². The molecular formula is C35H66O4. The number of carboxylic acid groups (broad SMARTS) is 1. The van der Waals surface area contributed by atoms with Crippen LogP contribution in [0.4, 0.5) is 0 Å². The normalized spacial score (nSPS) is 12.3. The van der Waals surface area contributed by atoms with E-state index < -0.39 is 5.97 Å². The Kier molecular flexibility index (Phi) is 30.2. The van der Waals surface area contributed by atoms with Crippen molar-refractivity contribution in [2.45, 2.75) is 200 Å². The number of aliphatic carboxylic acids is 1. The topological polar surface area (TPSA) is 63.6 Å². The van der Waals surface area contributed by atoms with Crippen molar-refractivity contribution in [2.24, 2.45) is 0 Å². The highest BCUT2D eigenvalue weighted by molar-refractivity contribution is 5.69. The summed E-state index contributed by atoms with van der Waals surface area (Å²) in [6, 6.07) is 0. The van der Waals surface area contributed by atoms with Crippen molar-refractivity contribution >= 4 is 11.9 Å². The molecule has 1 unspecified atom stereocenters. The Hall–Kier alpha value is -1.32. The molecule has 0 fully saturated rings. The van der Waals surface area contributed by atoms with E-state index in [2.05, 4.69) is 26.0 Å². The van der Waals surface area contributed by atoms with Gasteiger partial charge < -0.3 is 9.84 Å². The van der Waals surface area contributed by atoms with E-state index in [9.17, 15) is 9.59 Å². The van der Waals surface area contributed by atoms with Crippen molar-refractivity contribution in [3.8, 4) is 0 Å². The molecule has 0 bridgehead atoms. The zero-order valence-electron chi connectivity index (χ0n) is 26.2. The molecule has 0 aromatic heterocycles. The van der Waals surface area contributed by atoms with Crippen molar-refractivity contribution in [2.75, 3.05) is 0 Å². The number of esters is 1. The van der Waals surface area contributed by atoms with Gasteiger partial charge in [-0.2, -0.15) is 0 Å². The lowest BCUT2D eigenvalue weighted by molar-refractivity contribution is -0.150. The molecule has 230 valence electrons. The van der Waals surface area contributed by atoms with E-state index in [4.69, 9.17) is 9.84 Å². The summed E-state index contributed by atoms with van der Waals surface area (Å²) >= 11 is 0. The minimum absolute atomic E-state index is 0.00193. The molecule has 0 saturated carbocycles. The second-order valence-electron chi connectivity index (χ2n) is 11.7. The third-order valence-corrected chi connectivity index (χ3v) is 7.74. The summed E-state index contributed by atoms with van der Waals surface area (Å²) in [5.74, 6) is -0.697. The van der Waals surface area contributed by atoms with Gasteiger partial charge in [0.25, 0.3) is 0 Å². The third-order valence-electron chi connectivity index (χ3n) is 7.74. The molecule has 0 rings (SSSR count). The summed E-state index contributed by atoms with van der Waals surface area (Å²) in [5.41, 5.74) is 0. The molecule has 0 aliphatic rings. The second-order valence-corrected chi connectivity index (χ2v) is 11.7. The Labute approximate surface area is 243 Å². The fourth-order valence-corrected chi connectivity index (χ4v) is 5.18. The molecule has 4 nitrogen and oxygen atoms in total. The van der Waals surface area contributed by atoms with Gasteiger partial charge in [-0.05, 0) is 64.2 Å². The van der Waals surface area contributed by atoms with Gasteiger partial charge in [-0.25, -0.2) is 0 Å². The lowest BCUT2D eigenvalue weighted by Crippen LogP contribution is -2.18. The number of ether oxygens (including phenoxy) is 1. The molecule has 0 spiro atoms. The highest BCUT2D eigenvalue weighted by Crippen LogP contribution is 2.18. The first kappa shape index (κ1) is 37.7. The maximum absolute atomic E-state index is 12.4. The lowest BCUT2D eigenvalue weighted by atomic mass is 10.0. The highest BCUT2D eigenvalue weighted by Gasteiger charge is 2.14. The van der Waals surface area contributed by atoms with E-state index in [-0.39, 0.29) is 18.5 Å². The van der Waals surface area contributed by atoms with Gasteiger partial charge in [0.05, 0.1) is 0 Å². The first-order valence-corrected chi connectivity index (χ1v) is 17.2. The molecule has 0 aliphatic heterocycles. The zero-order valence-corrected chi connectivity index (χ0v) is 26.2. The SMILES string of the molecule is CCCCCCCC/C=C\CCCCCCCCCC(=O)OC(CCCCC)CCCCCCCCC(=O)O. The molecular weight excluding hydrogens is 484 g/mol. The molecule has 39 heavy (non-hydrogen) atoms. The molecule has 0 aliphatic carbocycles. The number of carbonyl (C=O) groups is 2. The molecule has 1 atom stereocenters. The van der Waals surface area contributed by atoms with Gasteiger partial charge in [-0.15, -0.1) is 0 Å². The summed E-state index contributed by atoms with van der Waals surface area (Å²) < 4.78 is 5.89. The Morgan fingerprint density at radius 3 is 1.44 bits per heavy atom. The largest absolute Gasteiger partial charge is 0.481 e. The van der Waals surface area contributed by atoms with Crippen LogP contribution in [0.2, 0.25) is 0 Å². The number of hydrogen-bond acceptors (Lipinski definition) is 3. The first-order chi connectivity index (χ1) is 19.1. The van der Waals surface area contributed by atoms with Crippen molar-refractivity contribution in [3.05, 3.63) is 12.2 Å². The highest BCUT2D eigenvalue weighted by atomic mass is 16.5. The summed E-state index contributed by atoms with van der Waals surface area (Å²) in [6.07, 6.45) is 36.8. The standard InChI is InChI=1S/C35H66O4/c1-3-5-7-8-9-10-11-12-13-14-15-16-17-18-19-24-28-32-35(38)39-33(29-25-6-4-2)30-26-22-20-21-23-27-31-34(36)37/h12-13,33H,3-11,14-32H2,1-2H3,(H,36,37)/b13-12-. The minimum Gasteiger partial charge on any atom is -0.481 e. The van der Waals surface area contributed by atoms with Crippen LogP contribution in [-0.2, 0) is 14.3 Å². The van der Waals surface area contributed by atoms with Crippen LogP contribution in [0.3, 0.4) is 0 Å². The molecule has 0 heterocycles. The number of allylic oxidation sites excluding steroid dienone is 2. The molecule has 1 N–H and O–H groups in total. The van der Waals surface area contributed by atoms with E-state index >= 15 is 0 Å². The first-order valence-electron chi connectivity index (χ1n) is 17.2. The molecule has 0 aromatic carbocycles. The van der Waals surface area contributed by atoms with Gasteiger partial charge >= 0.3 is 11.9 Å². The van der Waals surface area contributed by atoms with Gasteiger partial charge in [-0.1, -0.05) is 129 Å². The molecule has 0 radical (unpaired) electrons. The van der Waals surface area contributed by atoms with E-state index in [1.807, 2.05) is 0 Å². The number of carbonyl (C=O) groups excluding carboxylic acids is 1. The average molecular weight is 551 g/mol. The van der Waals surface area contributed by atoms with E-state index in [0.29, 0.717) is 6.42 Å². The molecule has 0 aromatic rings. The molecule has 4 heteroatoms. The number of hydrogen-bond donors (Lipinski definition) is 1. The maximum Gasteiger partial charge on any atom is 0.306 e. The minimum atomic E-state index is -0.695. The zero-order chi connectivity index (χ0) is 28.7. The van der Waals surface area contributed by atoms with Crippen LogP contribution in [0, 0.1) is 0 Å². The van der Waals surface area contributed by atoms with Crippen LogP contribution in [-0.4, -0.2) is 23.1 Å². The van der Waals surface area contributed by atoms with Gasteiger partial charge in [0.1, 0.15) is 6.10 Å². The van der Waals surface area contributed by atoms with Crippen LogP contribution in [0.1, 0.15) is 194 Å². The Balaban J connectivity index is 3.71. The van der Waals surface area contributed by atoms with E-state index in [0.717, 1.165) is 70.6 Å². The van der Waals surface area contributed by atoms with E-state index in [1.54, 1.807) is 0 Å². The Morgan fingerprint density at radius 1 is 0.538 bits per heavy atom. The van der Waals surface area contributed by atoms with Gasteiger partial charge in [0.15, 0.2) is 0 Å². The number of unbranched alkanes of at least 4 members (excludes halogenated alkanes) is 20. The Morgan fingerprint density at radius 2 is 0.923 bits per heavy atom. The fraction of sp³-hybridized carbons (Fsp3) is 0.886. The number of rotatable bonds is 31. The fourth-order valence-electron chi connectivity index (χ4n) is 5.18.